The highest BCUT2D eigenvalue weighted by Crippen LogP contribution is 2.31. The standard InChI is InChI=1S/C15H18N2O2/c1-18-12-7-8-13(14(9-12)19-2)15(17)10-3-5-11(16)6-4-10/h3-9,15H,16-17H2,1-2H3. The molecule has 0 bridgehead atoms. The zero-order chi connectivity index (χ0) is 13.8. The summed E-state index contributed by atoms with van der Waals surface area (Å²) in [4.78, 5) is 0. The Kier molecular flexibility index (Phi) is 3.92. The van der Waals surface area contributed by atoms with Crippen LogP contribution in [0.3, 0.4) is 0 Å². The van der Waals surface area contributed by atoms with Crippen LogP contribution in [0, 0.1) is 0 Å². The van der Waals surface area contributed by atoms with E-state index in [2.05, 4.69) is 0 Å². The Morgan fingerprint density at radius 1 is 0.947 bits per heavy atom. The van der Waals surface area contributed by atoms with Crippen molar-refractivity contribution in [2.45, 2.75) is 6.04 Å². The molecule has 1 atom stereocenters. The first-order chi connectivity index (χ1) is 9.15. The normalized spacial score (nSPS) is 11.9. The molecule has 100 valence electrons. The van der Waals surface area contributed by atoms with Crippen LogP contribution in [0.5, 0.6) is 11.5 Å². The van der Waals surface area contributed by atoms with Gasteiger partial charge in [0, 0.05) is 17.3 Å². The monoisotopic (exact) mass is 258 g/mol. The van der Waals surface area contributed by atoms with Gasteiger partial charge >= 0.3 is 0 Å². The smallest absolute Gasteiger partial charge is 0.127 e. The van der Waals surface area contributed by atoms with E-state index in [1.807, 2.05) is 42.5 Å². The van der Waals surface area contributed by atoms with Crippen LogP contribution in [-0.2, 0) is 0 Å². The van der Waals surface area contributed by atoms with E-state index in [-0.39, 0.29) is 6.04 Å². The van der Waals surface area contributed by atoms with E-state index < -0.39 is 0 Å². The Morgan fingerprint density at radius 2 is 1.63 bits per heavy atom. The van der Waals surface area contributed by atoms with E-state index in [1.54, 1.807) is 14.2 Å². The van der Waals surface area contributed by atoms with E-state index in [1.165, 1.54) is 0 Å². The number of nitrogen functional groups attached to an aromatic ring is 1. The van der Waals surface area contributed by atoms with Gasteiger partial charge in [-0.05, 0) is 29.8 Å². The van der Waals surface area contributed by atoms with E-state index in [0.717, 1.165) is 22.6 Å². The molecule has 0 amide bonds. The van der Waals surface area contributed by atoms with Gasteiger partial charge in [-0.2, -0.15) is 0 Å². The molecular formula is C15H18N2O2. The fraction of sp³-hybridized carbons (Fsp3) is 0.200. The Balaban J connectivity index is 2.37. The van der Waals surface area contributed by atoms with Gasteiger partial charge in [0.25, 0.3) is 0 Å². The third-order valence-corrected chi connectivity index (χ3v) is 3.07. The van der Waals surface area contributed by atoms with Crippen LogP contribution in [0.15, 0.2) is 42.5 Å². The maximum absolute atomic E-state index is 6.27. The lowest BCUT2D eigenvalue weighted by Crippen LogP contribution is -2.13. The fourth-order valence-electron chi connectivity index (χ4n) is 1.96. The van der Waals surface area contributed by atoms with Crippen LogP contribution in [0.4, 0.5) is 5.69 Å². The molecule has 4 N–H and O–H groups in total. The fourth-order valence-corrected chi connectivity index (χ4v) is 1.96. The van der Waals surface area contributed by atoms with Crippen LogP contribution in [-0.4, -0.2) is 14.2 Å². The minimum Gasteiger partial charge on any atom is -0.497 e. The maximum Gasteiger partial charge on any atom is 0.127 e. The summed E-state index contributed by atoms with van der Waals surface area (Å²) in [5, 5.41) is 0. The summed E-state index contributed by atoms with van der Waals surface area (Å²) >= 11 is 0. The molecule has 1 unspecified atom stereocenters. The first-order valence-corrected chi connectivity index (χ1v) is 5.98. The number of benzene rings is 2. The van der Waals surface area contributed by atoms with Gasteiger partial charge in [0.1, 0.15) is 11.5 Å². The SMILES string of the molecule is COc1ccc(C(N)c2ccc(N)cc2)c(OC)c1. The molecule has 4 nitrogen and oxygen atoms in total. The molecule has 0 fully saturated rings. The number of hydrogen-bond acceptors (Lipinski definition) is 4. The molecule has 0 aliphatic heterocycles. The first-order valence-electron chi connectivity index (χ1n) is 5.98. The lowest BCUT2D eigenvalue weighted by Gasteiger charge is -2.17. The van der Waals surface area contributed by atoms with Gasteiger partial charge < -0.3 is 20.9 Å². The maximum atomic E-state index is 6.27. The summed E-state index contributed by atoms with van der Waals surface area (Å²) in [5.74, 6) is 1.45. The summed E-state index contributed by atoms with van der Waals surface area (Å²) in [7, 11) is 3.24. The lowest BCUT2D eigenvalue weighted by molar-refractivity contribution is 0.390. The van der Waals surface area contributed by atoms with Gasteiger partial charge in [0.05, 0.1) is 20.3 Å². The topological polar surface area (TPSA) is 70.5 Å². The lowest BCUT2D eigenvalue weighted by atomic mass is 9.98. The Labute approximate surface area is 112 Å². The van der Waals surface area contributed by atoms with E-state index in [4.69, 9.17) is 20.9 Å². The van der Waals surface area contributed by atoms with Crippen molar-refractivity contribution in [3.05, 3.63) is 53.6 Å². The molecule has 0 saturated heterocycles. The van der Waals surface area contributed by atoms with Crippen molar-refractivity contribution < 1.29 is 9.47 Å². The summed E-state index contributed by atoms with van der Waals surface area (Å²) < 4.78 is 10.5. The molecule has 0 heterocycles. The average Bonchev–Trinajstić information content (AvgIpc) is 2.46. The number of rotatable bonds is 4. The molecule has 0 spiro atoms. The Morgan fingerprint density at radius 3 is 2.21 bits per heavy atom. The molecule has 0 aromatic heterocycles. The number of ether oxygens (including phenoxy) is 2. The highest BCUT2D eigenvalue weighted by Gasteiger charge is 2.14. The second-order valence-corrected chi connectivity index (χ2v) is 4.25. The van der Waals surface area contributed by atoms with Crippen molar-refractivity contribution in [2.75, 3.05) is 20.0 Å². The zero-order valence-corrected chi connectivity index (χ0v) is 11.1. The molecule has 0 radical (unpaired) electrons. The van der Waals surface area contributed by atoms with E-state index >= 15 is 0 Å². The number of methoxy groups -OCH3 is 2. The van der Waals surface area contributed by atoms with E-state index in [0.29, 0.717) is 5.75 Å². The Bertz CT molecular complexity index is 553. The van der Waals surface area contributed by atoms with Crippen molar-refractivity contribution in [3.8, 4) is 11.5 Å². The third kappa shape index (κ3) is 2.80. The molecule has 0 aliphatic rings. The van der Waals surface area contributed by atoms with Gasteiger partial charge in [-0.1, -0.05) is 12.1 Å². The van der Waals surface area contributed by atoms with Crippen molar-refractivity contribution >= 4 is 5.69 Å². The van der Waals surface area contributed by atoms with Crippen LogP contribution in [0.2, 0.25) is 0 Å². The van der Waals surface area contributed by atoms with E-state index in [9.17, 15) is 0 Å². The molecule has 2 rings (SSSR count). The number of hydrogen-bond donors (Lipinski definition) is 2. The molecule has 19 heavy (non-hydrogen) atoms. The molecular weight excluding hydrogens is 240 g/mol. The summed E-state index contributed by atoms with van der Waals surface area (Å²) in [6, 6.07) is 12.9. The van der Waals surface area contributed by atoms with Crippen LogP contribution in [0.25, 0.3) is 0 Å². The van der Waals surface area contributed by atoms with Crippen molar-refractivity contribution in [3.63, 3.8) is 0 Å². The minimum atomic E-state index is -0.263. The average molecular weight is 258 g/mol. The second-order valence-electron chi connectivity index (χ2n) is 4.25. The second kappa shape index (κ2) is 5.63. The van der Waals surface area contributed by atoms with Gasteiger partial charge in [-0.3, -0.25) is 0 Å². The van der Waals surface area contributed by atoms with Crippen molar-refractivity contribution in [1.82, 2.24) is 0 Å². The van der Waals surface area contributed by atoms with Crippen molar-refractivity contribution in [1.29, 1.82) is 0 Å². The summed E-state index contributed by atoms with van der Waals surface area (Å²) in [6.45, 7) is 0. The van der Waals surface area contributed by atoms with Gasteiger partial charge in [0.2, 0.25) is 0 Å². The first kappa shape index (κ1) is 13.2. The van der Waals surface area contributed by atoms with Crippen molar-refractivity contribution in [2.24, 2.45) is 5.73 Å². The Hall–Kier alpha value is -2.20. The minimum absolute atomic E-state index is 0.263. The van der Waals surface area contributed by atoms with Crippen LogP contribution >= 0.6 is 0 Å². The van der Waals surface area contributed by atoms with Crippen LogP contribution < -0.4 is 20.9 Å². The predicted octanol–water partition coefficient (Wildman–Crippen LogP) is 2.33. The van der Waals surface area contributed by atoms with Crippen LogP contribution in [0.1, 0.15) is 17.2 Å². The number of nitrogens with two attached hydrogens (primary N) is 2. The highest BCUT2D eigenvalue weighted by molar-refractivity contribution is 5.48. The molecule has 2 aromatic rings. The molecule has 0 saturated carbocycles. The third-order valence-electron chi connectivity index (χ3n) is 3.07. The van der Waals surface area contributed by atoms with Gasteiger partial charge in [-0.25, -0.2) is 0 Å². The van der Waals surface area contributed by atoms with Gasteiger partial charge in [-0.15, -0.1) is 0 Å². The molecule has 2 aromatic carbocycles. The predicted molar refractivity (Wildman–Crippen MR) is 76.4 cm³/mol. The van der Waals surface area contributed by atoms with Gasteiger partial charge in [0.15, 0.2) is 0 Å². The molecule has 0 aliphatic carbocycles. The summed E-state index contributed by atoms with van der Waals surface area (Å²) in [5.41, 5.74) is 14.6. The number of anilines is 1. The quantitative estimate of drug-likeness (QED) is 0.826. The largest absolute Gasteiger partial charge is 0.497 e. The molecule has 4 heteroatoms. The zero-order valence-electron chi connectivity index (χ0n) is 11.1. The highest BCUT2D eigenvalue weighted by atomic mass is 16.5. The summed E-state index contributed by atoms with van der Waals surface area (Å²) in [6.07, 6.45) is 0.